The van der Waals surface area contributed by atoms with E-state index in [9.17, 15) is 18.0 Å². The monoisotopic (exact) mass is 405 g/mol. The number of nitrogens with zero attached hydrogens (tertiary/aromatic N) is 2. The predicted octanol–water partition coefficient (Wildman–Crippen LogP) is 4.11. The molecule has 0 saturated carbocycles. The Kier molecular flexibility index (Phi) is 5.21. The van der Waals surface area contributed by atoms with Crippen LogP contribution in [0, 0.1) is 5.92 Å². The third-order valence-electron chi connectivity index (χ3n) is 5.87. The van der Waals surface area contributed by atoms with E-state index in [-0.39, 0.29) is 17.7 Å². The zero-order valence-electron chi connectivity index (χ0n) is 15.9. The summed E-state index contributed by atoms with van der Waals surface area (Å²) in [7, 11) is 0. The van der Waals surface area contributed by atoms with E-state index < -0.39 is 11.7 Å². The van der Waals surface area contributed by atoms with E-state index in [2.05, 4.69) is 22.1 Å². The molecule has 3 aliphatic rings. The van der Waals surface area contributed by atoms with Crippen molar-refractivity contribution in [3.63, 3.8) is 0 Å². The number of amides is 1. The third-order valence-corrected chi connectivity index (χ3v) is 5.87. The van der Waals surface area contributed by atoms with Gasteiger partial charge in [-0.15, -0.1) is 0 Å². The number of rotatable bonds is 4. The zero-order chi connectivity index (χ0) is 20.6. The Hall–Kier alpha value is -2.61. The van der Waals surface area contributed by atoms with Gasteiger partial charge in [0.25, 0.3) is 5.91 Å². The van der Waals surface area contributed by atoms with E-state index in [0.29, 0.717) is 23.3 Å². The molecule has 5 nitrogen and oxygen atoms in total. The number of benzene rings is 1. The number of piperidine rings is 3. The molecule has 29 heavy (non-hydrogen) atoms. The molecule has 3 fully saturated rings. The maximum Gasteiger partial charge on any atom is 0.418 e. The number of nitrogens with one attached hydrogen (secondary N) is 1. The van der Waals surface area contributed by atoms with Crippen LogP contribution in [0.5, 0.6) is 11.5 Å². The van der Waals surface area contributed by atoms with Gasteiger partial charge < -0.3 is 10.1 Å². The molecule has 4 heterocycles. The highest BCUT2D eigenvalue weighted by Gasteiger charge is 2.40. The number of alkyl halides is 3. The first-order valence-corrected chi connectivity index (χ1v) is 9.66. The van der Waals surface area contributed by atoms with Gasteiger partial charge in [-0.25, -0.2) is 0 Å². The van der Waals surface area contributed by atoms with Gasteiger partial charge in [-0.2, -0.15) is 13.2 Å². The SMILES string of the molecule is C[C@@H]1[C@H](NC(=O)c2ccc(Oc3cncc(C(F)(F)F)c3)cc2)C2CCN1CC2. The Balaban J connectivity index is 1.41. The lowest BCUT2D eigenvalue weighted by atomic mass is 9.79. The van der Waals surface area contributed by atoms with E-state index in [1.807, 2.05) is 0 Å². The molecule has 154 valence electrons. The second kappa shape index (κ2) is 7.67. The molecule has 0 aliphatic carbocycles. The fourth-order valence-corrected chi connectivity index (χ4v) is 4.22. The highest BCUT2D eigenvalue weighted by atomic mass is 19.4. The Morgan fingerprint density at radius 1 is 1.14 bits per heavy atom. The van der Waals surface area contributed by atoms with Crippen LogP contribution in [0.4, 0.5) is 13.2 Å². The fraction of sp³-hybridized carbons (Fsp3) is 0.429. The molecule has 3 aliphatic heterocycles. The van der Waals surface area contributed by atoms with Crippen molar-refractivity contribution in [3.8, 4) is 11.5 Å². The van der Waals surface area contributed by atoms with Crippen molar-refractivity contribution in [3.05, 3.63) is 53.9 Å². The first-order chi connectivity index (χ1) is 13.8. The zero-order valence-corrected chi connectivity index (χ0v) is 15.9. The lowest BCUT2D eigenvalue weighted by Crippen LogP contribution is -2.62. The molecule has 2 aromatic rings. The van der Waals surface area contributed by atoms with Crippen molar-refractivity contribution in [2.45, 2.75) is 38.0 Å². The maximum absolute atomic E-state index is 12.8. The van der Waals surface area contributed by atoms with E-state index >= 15 is 0 Å². The highest BCUT2D eigenvalue weighted by molar-refractivity contribution is 5.94. The van der Waals surface area contributed by atoms with Crippen molar-refractivity contribution >= 4 is 5.91 Å². The molecule has 3 saturated heterocycles. The lowest BCUT2D eigenvalue weighted by molar-refractivity contribution is -0.137. The van der Waals surface area contributed by atoms with Crippen LogP contribution in [-0.2, 0) is 6.18 Å². The Bertz CT molecular complexity index is 875. The minimum Gasteiger partial charge on any atom is -0.456 e. The average Bonchev–Trinajstić information content (AvgIpc) is 2.71. The third kappa shape index (κ3) is 4.22. The summed E-state index contributed by atoms with van der Waals surface area (Å²) in [5.74, 6) is 0.676. The van der Waals surface area contributed by atoms with Gasteiger partial charge in [0, 0.05) is 23.8 Å². The van der Waals surface area contributed by atoms with Crippen molar-refractivity contribution in [1.29, 1.82) is 0 Å². The topological polar surface area (TPSA) is 54.5 Å². The second-order valence-electron chi connectivity index (χ2n) is 7.65. The number of carbonyl (C=O) groups is 1. The van der Waals surface area contributed by atoms with Gasteiger partial charge in [0.1, 0.15) is 11.5 Å². The number of halogens is 3. The molecule has 5 rings (SSSR count). The Morgan fingerprint density at radius 2 is 1.83 bits per heavy atom. The highest BCUT2D eigenvalue weighted by Crippen LogP contribution is 2.33. The smallest absolute Gasteiger partial charge is 0.418 e. The van der Waals surface area contributed by atoms with E-state index in [4.69, 9.17) is 4.74 Å². The van der Waals surface area contributed by atoms with Crippen LogP contribution in [0.2, 0.25) is 0 Å². The van der Waals surface area contributed by atoms with Crippen LogP contribution in [0.15, 0.2) is 42.7 Å². The van der Waals surface area contributed by atoms with Crippen molar-refractivity contribution in [2.75, 3.05) is 13.1 Å². The molecule has 0 radical (unpaired) electrons. The predicted molar refractivity (Wildman–Crippen MR) is 101 cm³/mol. The summed E-state index contributed by atoms with van der Waals surface area (Å²) in [5, 5.41) is 3.15. The van der Waals surface area contributed by atoms with E-state index in [1.165, 1.54) is 6.20 Å². The molecule has 2 bridgehead atoms. The van der Waals surface area contributed by atoms with Gasteiger partial charge in [0.15, 0.2) is 0 Å². The summed E-state index contributed by atoms with van der Waals surface area (Å²) in [6.45, 7) is 4.33. The summed E-state index contributed by atoms with van der Waals surface area (Å²) in [6, 6.07) is 7.70. The van der Waals surface area contributed by atoms with Crippen LogP contribution < -0.4 is 10.1 Å². The first-order valence-electron chi connectivity index (χ1n) is 9.66. The van der Waals surface area contributed by atoms with E-state index in [0.717, 1.165) is 38.2 Å². The molecule has 1 aromatic heterocycles. The van der Waals surface area contributed by atoms with Crippen molar-refractivity contribution in [1.82, 2.24) is 15.2 Å². The Morgan fingerprint density at radius 3 is 2.45 bits per heavy atom. The van der Waals surface area contributed by atoms with Gasteiger partial charge in [0.2, 0.25) is 0 Å². The molecular formula is C21H22F3N3O2. The molecular weight excluding hydrogens is 383 g/mol. The van der Waals surface area contributed by atoms with Gasteiger partial charge in [-0.05, 0) is 69.1 Å². The minimum atomic E-state index is -4.49. The quantitative estimate of drug-likeness (QED) is 0.832. The number of ether oxygens (including phenoxy) is 1. The molecule has 0 spiro atoms. The summed E-state index contributed by atoms with van der Waals surface area (Å²) < 4.78 is 43.8. The molecule has 0 unspecified atom stereocenters. The van der Waals surface area contributed by atoms with Gasteiger partial charge >= 0.3 is 6.18 Å². The summed E-state index contributed by atoms with van der Waals surface area (Å²) in [5.41, 5.74) is -0.388. The van der Waals surface area contributed by atoms with Gasteiger partial charge in [-0.1, -0.05) is 0 Å². The summed E-state index contributed by atoms with van der Waals surface area (Å²) in [4.78, 5) is 18.6. The van der Waals surface area contributed by atoms with E-state index in [1.54, 1.807) is 24.3 Å². The maximum atomic E-state index is 12.8. The van der Waals surface area contributed by atoms with Crippen molar-refractivity contribution in [2.24, 2.45) is 5.92 Å². The largest absolute Gasteiger partial charge is 0.456 e. The number of pyridine rings is 1. The molecule has 8 heteroatoms. The molecule has 1 amide bonds. The Labute approximate surface area is 166 Å². The number of hydrogen-bond donors (Lipinski definition) is 1. The lowest BCUT2D eigenvalue weighted by Gasteiger charge is -2.49. The summed E-state index contributed by atoms with van der Waals surface area (Å²) >= 11 is 0. The molecule has 1 N–H and O–H groups in total. The molecule has 2 atom stereocenters. The van der Waals surface area contributed by atoms with Crippen LogP contribution in [0.3, 0.4) is 0 Å². The van der Waals surface area contributed by atoms with Gasteiger partial charge in [-0.3, -0.25) is 14.7 Å². The van der Waals surface area contributed by atoms with Crippen LogP contribution in [0.1, 0.15) is 35.7 Å². The number of fused-ring (bicyclic) bond motifs is 3. The number of hydrogen-bond acceptors (Lipinski definition) is 4. The second-order valence-corrected chi connectivity index (χ2v) is 7.65. The fourth-order valence-electron chi connectivity index (χ4n) is 4.22. The summed E-state index contributed by atoms with van der Waals surface area (Å²) in [6.07, 6.45) is -0.318. The first kappa shape index (κ1) is 19.7. The van der Waals surface area contributed by atoms with Crippen molar-refractivity contribution < 1.29 is 22.7 Å². The average molecular weight is 405 g/mol. The van der Waals surface area contributed by atoms with Crippen LogP contribution in [-0.4, -0.2) is 41.0 Å². The number of carbonyl (C=O) groups excluding carboxylic acids is 1. The standard InChI is InChI=1S/C21H22F3N3O2/c1-13-19(14-6-8-27(13)9-7-14)26-20(28)15-2-4-17(5-3-15)29-18-10-16(11-25-12-18)21(22,23)24/h2-5,10-14,19H,6-9H2,1H3,(H,26,28)/t13-,19+/m1/s1. The van der Waals surface area contributed by atoms with Gasteiger partial charge in [0.05, 0.1) is 11.8 Å². The van der Waals surface area contributed by atoms with Crippen LogP contribution >= 0.6 is 0 Å². The number of aromatic nitrogens is 1. The van der Waals surface area contributed by atoms with Crippen LogP contribution in [0.25, 0.3) is 0 Å². The normalized spacial score (nSPS) is 26.2. The molecule has 1 aromatic carbocycles. The minimum absolute atomic E-state index is 0.0156.